The van der Waals surface area contributed by atoms with Gasteiger partial charge in [-0.1, -0.05) is 26.0 Å². The molecule has 0 bridgehead atoms. The average Bonchev–Trinajstić information content (AvgIpc) is 2.98. The Morgan fingerprint density at radius 3 is 2.61 bits per heavy atom. The van der Waals surface area contributed by atoms with E-state index in [1.165, 1.54) is 0 Å². The second-order valence-corrected chi connectivity index (χ2v) is 6.13. The normalized spacial score (nSPS) is 11.1. The molecule has 3 aromatic rings. The molecule has 23 heavy (non-hydrogen) atoms. The molecule has 0 radical (unpaired) electrons. The van der Waals surface area contributed by atoms with Crippen LogP contribution in [-0.4, -0.2) is 15.5 Å². The van der Waals surface area contributed by atoms with E-state index in [1.807, 2.05) is 59.4 Å². The van der Waals surface area contributed by atoms with Crippen LogP contribution in [0.5, 0.6) is 0 Å². The first-order chi connectivity index (χ1) is 11.1. The van der Waals surface area contributed by atoms with Crippen LogP contribution in [0.1, 0.15) is 26.7 Å². The molecule has 1 aromatic heterocycles. The second kappa shape index (κ2) is 6.65. The largest absolute Gasteiger partial charge is 0.326 e. The highest BCUT2D eigenvalue weighted by Gasteiger charge is 2.06. The summed E-state index contributed by atoms with van der Waals surface area (Å²) in [7, 11) is 0. The molecule has 0 saturated heterocycles. The number of hydrogen-bond donors (Lipinski definition) is 1. The zero-order valence-electron chi connectivity index (χ0n) is 13.5. The van der Waals surface area contributed by atoms with Gasteiger partial charge in [0.15, 0.2) is 0 Å². The van der Waals surface area contributed by atoms with Crippen LogP contribution >= 0.6 is 0 Å². The fourth-order valence-electron chi connectivity index (χ4n) is 2.51. The molecule has 1 amide bonds. The summed E-state index contributed by atoms with van der Waals surface area (Å²) >= 11 is 0. The number of rotatable bonds is 5. The van der Waals surface area contributed by atoms with Gasteiger partial charge < -0.3 is 5.32 Å². The van der Waals surface area contributed by atoms with Gasteiger partial charge in [-0.05, 0) is 48.7 Å². The quantitative estimate of drug-likeness (QED) is 0.759. The molecule has 1 N–H and O–H groups in total. The third-order valence-electron chi connectivity index (χ3n) is 3.83. The molecule has 118 valence electrons. The Labute approximate surface area is 136 Å². The van der Waals surface area contributed by atoms with Crippen molar-refractivity contribution < 1.29 is 4.79 Å². The van der Waals surface area contributed by atoms with E-state index >= 15 is 0 Å². The third kappa shape index (κ3) is 3.59. The second-order valence-electron chi connectivity index (χ2n) is 6.13. The van der Waals surface area contributed by atoms with Crippen LogP contribution in [0.15, 0.2) is 54.9 Å². The molecule has 0 aliphatic carbocycles. The monoisotopic (exact) mass is 307 g/mol. The van der Waals surface area contributed by atoms with Crippen molar-refractivity contribution in [2.75, 3.05) is 5.32 Å². The van der Waals surface area contributed by atoms with Crippen molar-refractivity contribution in [1.29, 1.82) is 0 Å². The summed E-state index contributed by atoms with van der Waals surface area (Å²) in [5.74, 6) is 0.608. The van der Waals surface area contributed by atoms with Gasteiger partial charge in [-0.25, -0.2) is 4.98 Å². The van der Waals surface area contributed by atoms with Gasteiger partial charge in [0.05, 0.1) is 11.0 Å². The van der Waals surface area contributed by atoms with E-state index in [9.17, 15) is 4.79 Å². The molecule has 0 unspecified atom stereocenters. The number of nitrogens with zero attached hydrogens (tertiary/aromatic N) is 2. The van der Waals surface area contributed by atoms with Crippen molar-refractivity contribution in [3.05, 3.63) is 54.9 Å². The fourth-order valence-corrected chi connectivity index (χ4v) is 2.51. The standard InChI is InChI=1S/C19H21N3O/c1-14(2)7-12-19(23)21-15-8-10-16(11-9-15)22-13-20-17-5-3-4-6-18(17)22/h3-6,8-11,13-14H,7,12H2,1-2H3,(H,21,23). The van der Waals surface area contributed by atoms with Gasteiger partial charge in [-0.3, -0.25) is 9.36 Å². The highest BCUT2D eigenvalue weighted by atomic mass is 16.1. The summed E-state index contributed by atoms with van der Waals surface area (Å²) in [6, 6.07) is 15.9. The Balaban J connectivity index is 1.73. The summed E-state index contributed by atoms with van der Waals surface area (Å²) in [6.45, 7) is 4.25. The molecular weight excluding hydrogens is 286 g/mol. The molecule has 0 fully saturated rings. The summed E-state index contributed by atoms with van der Waals surface area (Å²) in [6.07, 6.45) is 3.29. The predicted octanol–water partition coefficient (Wildman–Crippen LogP) is 4.40. The van der Waals surface area contributed by atoms with Gasteiger partial charge >= 0.3 is 0 Å². The Kier molecular flexibility index (Phi) is 4.42. The summed E-state index contributed by atoms with van der Waals surface area (Å²) in [4.78, 5) is 16.3. The van der Waals surface area contributed by atoms with Crippen LogP contribution in [0.4, 0.5) is 5.69 Å². The van der Waals surface area contributed by atoms with Gasteiger partial charge in [-0.2, -0.15) is 0 Å². The van der Waals surface area contributed by atoms with Crippen molar-refractivity contribution in [1.82, 2.24) is 9.55 Å². The topological polar surface area (TPSA) is 46.9 Å². The van der Waals surface area contributed by atoms with Crippen molar-refractivity contribution in [3.63, 3.8) is 0 Å². The number of benzene rings is 2. The highest BCUT2D eigenvalue weighted by molar-refractivity contribution is 5.90. The first kappa shape index (κ1) is 15.3. The number of nitrogens with one attached hydrogen (secondary N) is 1. The third-order valence-corrected chi connectivity index (χ3v) is 3.83. The van der Waals surface area contributed by atoms with E-state index in [0.717, 1.165) is 28.8 Å². The number of hydrogen-bond acceptors (Lipinski definition) is 2. The lowest BCUT2D eigenvalue weighted by atomic mass is 10.1. The molecule has 0 aliphatic heterocycles. The van der Waals surface area contributed by atoms with Gasteiger partial charge in [0, 0.05) is 17.8 Å². The van der Waals surface area contributed by atoms with Gasteiger partial charge in [0.1, 0.15) is 6.33 Å². The lowest BCUT2D eigenvalue weighted by molar-refractivity contribution is -0.116. The molecular formula is C19H21N3O. The number of amides is 1. The number of aromatic nitrogens is 2. The smallest absolute Gasteiger partial charge is 0.224 e. The molecule has 4 heteroatoms. The van der Waals surface area contributed by atoms with Crippen LogP contribution in [0, 0.1) is 5.92 Å². The lowest BCUT2D eigenvalue weighted by Crippen LogP contribution is -2.12. The average molecular weight is 307 g/mol. The van der Waals surface area contributed by atoms with Crippen molar-refractivity contribution >= 4 is 22.6 Å². The molecule has 0 saturated carbocycles. The van der Waals surface area contributed by atoms with Crippen molar-refractivity contribution in [3.8, 4) is 5.69 Å². The first-order valence-electron chi connectivity index (χ1n) is 7.96. The van der Waals surface area contributed by atoms with Crippen molar-refractivity contribution in [2.45, 2.75) is 26.7 Å². The SMILES string of the molecule is CC(C)CCC(=O)Nc1ccc(-n2cnc3ccccc32)cc1. The van der Waals surface area contributed by atoms with Gasteiger partial charge in [0.25, 0.3) is 0 Å². The van der Waals surface area contributed by atoms with E-state index in [1.54, 1.807) is 0 Å². The zero-order chi connectivity index (χ0) is 16.2. The molecule has 0 spiro atoms. The predicted molar refractivity (Wildman–Crippen MR) is 93.8 cm³/mol. The summed E-state index contributed by atoms with van der Waals surface area (Å²) in [5, 5.41) is 2.94. The van der Waals surface area contributed by atoms with Crippen LogP contribution in [0.25, 0.3) is 16.7 Å². The molecule has 0 atom stereocenters. The Morgan fingerprint density at radius 2 is 1.87 bits per heavy atom. The Morgan fingerprint density at radius 1 is 1.13 bits per heavy atom. The molecule has 4 nitrogen and oxygen atoms in total. The van der Waals surface area contributed by atoms with E-state index in [0.29, 0.717) is 12.3 Å². The number of para-hydroxylation sites is 2. The number of carbonyl (C=O) groups is 1. The fraction of sp³-hybridized carbons (Fsp3) is 0.263. The maximum absolute atomic E-state index is 11.9. The molecule has 0 aliphatic rings. The minimum Gasteiger partial charge on any atom is -0.326 e. The van der Waals surface area contributed by atoms with Crippen LogP contribution in [0.2, 0.25) is 0 Å². The van der Waals surface area contributed by atoms with Crippen LogP contribution in [0.3, 0.4) is 0 Å². The Hall–Kier alpha value is -2.62. The summed E-state index contributed by atoms with van der Waals surface area (Å²) < 4.78 is 2.04. The Bertz CT molecular complexity index is 803. The molecule has 2 aromatic carbocycles. The molecule has 3 rings (SSSR count). The van der Waals surface area contributed by atoms with Gasteiger partial charge in [-0.15, -0.1) is 0 Å². The number of fused-ring (bicyclic) bond motifs is 1. The van der Waals surface area contributed by atoms with Gasteiger partial charge in [0.2, 0.25) is 5.91 Å². The van der Waals surface area contributed by atoms with E-state index in [-0.39, 0.29) is 5.91 Å². The van der Waals surface area contributed by atoms with Crippen LogP contribution in [-0.2, 0) is 4.79 Å². The first-order valence-corrected chi connectivity index (χ1v) is 7.96. The lowest BCUT2D eigenvalue weighted by Gasteiger charge is -2.09. The maximum atomic E-state index is 11.9. The highest BCUT2D eigenvalue weighted by Crippen LogP contribution is 2.19. The number of carbonyl (C=O) groups excluding carboxylic acids is 1. The molecule has 1 heterocycles. The number of anilines is 1. The minimum atomic E-state index is 0.0690. The van der Waals surface area contributed by atoms with Crippen molar-refractivity contribution in [2.24, 2.45) is 5.92 Å². The number of imidazole rings is 1. The minimum absolute atomic E-state index is 0.0690. The van der Waals surface area contributed by atoms with E-state index in [4.69, 9.17) is 0 Å². The van der Waals surface area contributed by atoms with Crippen LogP contribution < -0.4 is 5.32 Å². The van der Waals surface area contributed by atoms with E-state index in [2.05, 4.69) is 24.1 Å². The maximum Gasteiger partial charge on any atom is 0.224 e. The zero-order valence-corrected chi connectivity index (χ0v) is 13.5. The summed E-state index contributed by atoms with van der Waals surface area (Å²) in [5.41, 5.74) is 3.89. The van der Waals surface area contributed by atoms with E-state index < -0.39 is 0 Å².